The summed E-state index contributed by atoms with van der Waals surface area (Å²) in [5.41, 5.74) is 11.2. The molecule has 5 N–H and O–H groups in total. The molecule has 0 saturated heterocycles. The summed E-state index contributed by atoms with van der Waals surface area (Å²) >= 11 is 0. The molecule has 14 heavy (non-hydrogen) atoms. The third-order valence-corrected chi connectivity index (χ3v) is 2.66. The van der Waals surface area contributed by atoms with Crippen molar-refractivity contribution in [2.24, 2.45) is 21.5 Å². The lowest BCUT2D eigenvalue weighted by Gasteiger charge is -2.27. The van der Waals surface area contributed by atoms with Gasteiger partial charge in [0.1, 0.15) is 0 Å². The average Bonchev–Trinajstić information content (AvgIpc) is 2.02. The van der Waals surface area contributed by atoms with E-state index in [0.29, 0.717) is 5.96 Å². The van der Waals surface area contributed by atoms with E-state index in [1.54, 1.807) is 19.0 Å². The van der Waals surface area contributed by atoms with Gasteiger partial charge in [-0.25, -0.2) is 0 Å². The molecule has 0 amide bonds. The topological polar surface area (TPSA) is 109 Å². The summed E-state index contributed by atoms with van der Waals surface area (Å²) in [5, 5.41) is 1.24. The maximum Gasteiger partial charge on any atom is 0.286 e. The third-order valence-electron chi connectivity index (χ3n) is 1.63. The van der Waals surface area contributed by atoms with Gasteiger partial charge in [0.15, 0.2) is 5.96 Å². The molecule has 0 saturated carbocycles. The highest BCUT2D eigenvalue weighted by atomic mass is 32.2. The summed E-state index contributed by atoms with van der Waals surface area (Å²) in [7, 11) is 2.12. The van der Waals surface area contributed by atoms with E-state index in [1.807, 2.05) is 0 Å². The molecule has 1 aliphatic heterocycles. The van der Waals surface area contributed by atoms with Gasteiger partial charge >= 0.3 is 0 Å². The number of hydrogen-bond acceptors (Lipinski definition) is 7. The quantitative estimate of drug-likeness (QED) is 0.461. The normalized spacial score (nSPS) is 28.6. The Hall–Kier alpha value is -1.15. The number of guanidine groups is 2. The number of rotatable bonds is 1. The smallest absolute Gasteiger partial charge is 0.286 e. The lowest BCUT2D eigenvalue weighted by molar-refractivity contribution is 0.550. The summed E-state index contributed by atoms with van der Waals surface area (Å²) in [6.45, 7) is 0. The fourth-order valence-corrected chi connectivity index (χ4v) is 1.30. The largest absolute Gasteiger partial charge is 0.369 e. The molecular weight excluding hydrogens is 204 g/mol. The van der Waals surface area contributed by atoms with Crippen molar-refractivity contribution >= 4 is 22.7 Å². The van der Waals surface area contributed by atoms with Gasteiger partial charge in [-0.1, -0.05) is 0 Å². The predicted molar refractivity (Wildman–Crippen MR) is 56.9 cm³/mol. The third kappa shape index (κ3) is 2.02. The van der Waals surface area contributed by atoms with Crippen LogP contribution in [0.25, 0.3) is 0 Å². The molecule has 0 aromatic heterocycles. The molecule has 0 spiro atoms. The molecule has 0 aliphatic carbocycles. The minimum atomic E-state index is -1.48. The van der Waals surface area contributed by atoms with Crippen molar-refractivity contribution in [3.63, 3.8) is 0 Å². The fraction of sp³-hybridized carbons (Fsp3) is 0.667. The number of nitrogens with one attached hydrogen (secondary N) is 1. The molecule has 0 bridgehead atoms. The molecule has 0 fully saturated rings. The van der Waals surface area contributed by atoms with Gasteiger partial charge in [0.2, 0.25) is 5.96 Å². The fourth-order valence-electron chi connectivity index (χ4n) is 0.860. The maximum atomic E-state index is 11.3. The SMILES string of the molecule is CN(C)C1=NC(N)(S(C)=O)N=C(N)N1. The van der Waals surface area contributed by atoms with E-state index in [9.17, 15) is 4.21 Å². The van der Waals surface area contributed by atoms with Crippen molar-refractivity contribution < 1.29 is 4.21 Å². The first-order valence-corrected chi connectivity index (χ1v) is 5.43. The van der Waals surface area contributed by atoms with E-state index < -0.39 is 15.9 Å². The second kappa shape index (κ2) is 3.54. The second-order valence-corrected chi connectivity index (χ2v) is 4.57. The van der Waals surface area contributed by atoms with E-state index in [4.69, 9.17) is 11.5 Å². The van der Waals surface area contributed by atoms with Gasteiger partial charge in [0.05, 0.1) is 10.8 Å². The van der Waals surface area contributed by atoms with Crippen LogP contribution in [0.3, 0.4) is 0 Å². The van der Waals surface area contributed by atoms with Crippen molar-refractivity contribution in [1.29, 1.82) is 0 Å². The number of hydrogen-bond donors (Lipinski definition) is 3. The predicted octanol–water partition coefficient (Wildman–Crippen LogP) is -2.23. The summed E-state index contributed by atoms with van der Waals surface area (Å²) in [6.07, 6.45) is 1.43. The first-order chi connectivity index (χ1) is 6.35. The highest BCUT2D eigenvalue weighted by Crippen LogP contribution is 2.12. The Morgan fingerprint density at radius 3 is 2.50 bits per heavy atom. The molecule has 0 aromatic carbocycles. The molecular formula is C6H14N6OS. The Morgan fingerprint density at radius 1 is 1.50 bits per heavy atom. The molecule has 8 heteroatoms. The molecule has 1 aliphatic rings. The number of nitrogens with two attached hydrogens (primary N) is 2. The number of nitrogens with zero attached hydrogens (tertiary/aromatic N) is 3. The molecule has 1 heterocycles. The molecule has 2 unspecified atom stereocenters. The van der Waals surface area contributed by atoms with E-state index in [-0.39, 0.29) is 5.96 Å². The first-order valence-electron chi connectivity index (χ1n) is 3.87. The second-order valence-electron chi connectivity index (χ2n) is 3.06. The Bertz CT molecular complexity index is 324. The zero-order valence-corrected chi connectivity index (χ0v) is 9.13. The van der Waals surface area contributed by atoms with Crippen molar-refractivity contribution in [3.05, 3.63) is 0 Å². The van der Waals surface area contributed by atoms with Crippen molar-refractivity contribution in [1.82, 2.24) is 10.2 Å². The van der Waals surface area contributed by atoms with Gasteiger partial charge in [0.25, 0.3) is 5.12 Å². The van der Waals surface area contributed by atoms with Crippen molar-refractivity contribution in [3.8, 4) is 0 Å². The zero-order valence-electron chi connectivity index (χ0n) is 8.31. The zero-order chi connectivity index (χ0) is 10.9. The molecule has 0 radical (unpaired) electrons. The minimum Gasteiger partial charge on any atom is -0.369 e. The molecule has 0 aromatic rings. The molecule has 2 atom stereocenters. The highest BCUT2D eigenvalue weighted by molar-refractivity contribution is 7.85. The van der Waals surface area contributed by atoms with E-state index in [0.717, 1.165) is 0 Å². The van der Waals surface area contributed by atoms with E-state index >= 15 is 0 Å². The van der Waals surface area contributed by atoms with Crippen LogP contribution < -0.4 is 16.8 Å². The Balaban J connectivity index is 3.07. The van der Waals surface area contributed by atoms with E-state index in [2.05, 4.69) is 15.3 Å². The Labute approximate surface area is 84.7 Å². The van der Waals surface area contributed by atoms with Gasteiger partial charge < -0.3 is 10.6 Å². The lowest BCUT2D eigenvalue weighted by Crippen LogP contribution is -2.55. The van der Waals surface area contributed by atoms with E-state index in [1.165, 1.54) is 6.26 Å². The standard InChI is InChI=1S/C6H14N6OS/c1-12(2)5-9-4(7)10-6(8,11-5)14(3)13/h8H2,1-3H3,(H3,7,9,10,11). The first kappa shape index (κ1) is 10.9. The van der Waals surface area contributed by atoms with Crippen LogP contribution in [-0.2, 0) is 10.8 Å². The Kier molecular flexibility index (Phi) is 2.76. The van der Waals surface area contributed by atoms with Crippen molar-refractivity contribution in [2.75, 3.05) is 20.4 Å². The van der Waals surface area contributed by atoms with Crippen LogP contribution in [0.2, 0.25) is 0 Å². The van der Waals surface area contributed by atoms with Gasteiger partial charge in [0, 0.05) is 20.4 Å². The van der Waals surface area contributed by atoms with Crippen LogP contribution >= 0.6 is 0 Å². The van der Waals surface area contributed by atoms with Crippen LogP contribution in [-0.4, -0.2) is 46.5 Å². The van der Waals surface area contributed by atoms with Gasteiger partial charge in [-0.05, 0) is 0 Å². The van der Waals surface area contributed by atoms with Gasteiger partial charge in [-0.3, -0.25) is 15.3 Å². The van der Waals surface area contributed by atoms with Crippen LogP contribution in [0.5, 0.6) is 0 Å². The highest BCUT2D eigenvalue weighted by Gasteiger charge is 2.33. The minimum absolute atomic E-state index is 0.112. The average molecular weight is 218 g/mol. The van der Waals surface area contributed by atoms with Gasteiger partial charge in [-0.15, -0.1) is 0 Å². The van der Waals surface area contributed by atoms with Crippen molar-refractivity contribution in [2.45, 2.75) is 5.12 Å². The summed E-state index contributed by atoms with van der Waals surface area (Å²) in [6, 6.07) is 0. The van der Waals surface area contributed by atoms with Crippen LogP contribution in [0.15, 0.2) is 9.98 Å². The summed E-state index contributed by atoms with van der Waals surface area (Å²) in [5.74, 6) is 0.552. The van der Waals surface area contributed by atoms with Gasteiger partial charge in [-0.2, -0.15) is 9.98 Å². The lowest BCUT2D eigenvalue weighted by atomic mass is 10.6. The maximum absolute atomic E-state index is 11.3. The van der Waals surface area contributed by atoms with Crippen LogP contribution in [0.4, 0.5) is 0 Å². The molecule has 7 nitrogen and oxygen atoms in total. The number of aliphatic imine (C=N–C) groups is 2. The van der Waals surface area contributed by atoms with Crippen LogP contribution in [0.1, 0.15) is 0 Å². The molecule has 80 valence electrons. The Morgan fingerprint density at radius 2 is 2.07 bits per heavy atom. The summed E-state index contributed by atoms with van der Waals surface area (Å²) < 4.78 is 11.3. The monoisotopic (exact) mass is 218 g/mol. The summed E-state index contributed by atoms with van der Waals surface area (Å²) in [4.78, 5) is 9.47. The van der Waals surface area contributed by atoms with Crippen LogP contribution in [0, 0.1) is 0 Å². The molecule has 1 rings (SSSR count).